The van der Waals surface area contributed by atoms with Crippen molar-refractivity contribution in [3.63, 3.8) is 0 Å². The summed E-state index contributed by atoms with van der Waals surface area (Å²) in [7, 11) is 2.18. The van der Waals surface area contributed by atoms with Crippen LogP contribution in [0.3, 0.4) is 0 Å². The zero-order chi connectivity index (χ0) is 27.1. The van der Waals surface area contributed by atoms with Gasteiger partial charge in [0.25, 0.3) is 0 Å². The fourth-order valence-electron chi connectivity index (χ4n) is 4.79. The molecule has 2 aliphatic rings. The van der Waals surface area contributed by atoms with E-state index in [0.29, 0.717) is 11.2 Å². The number of rotatable bonds is 3. The van der Waals surface area contributed by atoms with Crippen molar-refractivity contribution in [2.45, 2.75) is 45.6 Å². The minimum absolute atomic E-state index is 0.0869. The summed E-state index contributed by atoms with van der Waals surface area (Å²) in [5.74, 6) is -0.0869. The van der Waals surface area contributed by atoms with Crippen molar-refractivity contribution in [1.29, 1.82) is 0 Å². The maximum absolute atomic E-state index is 11.5. The summed E-state index contributed by atoms with van der Waals surface area (Å²) in [5.41, 5.74) is 6.70. The molecule has 198 valence electrons. The van der Waals surface area contributed by atoms with E-state index in [2.05, 4.69) is 38.0 Å². The topological polar surface area (TPSA) is 106 Å². The van der Waals surface area contributed by atoms with E-state index in [9.17, 15) is 4.79 Å². The summed E-state index contributed by atoms with van der Waals surface area (Å²) in [4.78, 5) is 36.0. The molecule has 1 amide bonds. The van der Waals surface area contributed by atoms with E-state index in [0.717, 1.165) is 66.3 Å². The normalized spacial score (nSPS) is 14.7. The summed E-state index contributed by atoms with van der Waals surface area (Å²) >= 11 is 1.56. The Kier molecular flexibility index (Phi) is 9.09. The van der Waals surface area contributed by atoms with Crippen LogP contribution in [0.1, 0.15) is 42.8 Å². The van der Waals surface area contributed by atoms with Crippen LogP contribution in [0.15, 0.2) is 48.9 Å². The standard InChI is InChI=1S/C21H24N6OS.C6H7N.CH2O/c1-13(28)23-21-24-17-6-5-16-18(14-4-3-9-22-12-14)25-27(19(16)20(17)29-21)15-7-10-26(2)11-8-15;1-6-4-2-3-5-7-6;1-2/h3-4,9,12,15H,5-8,10-11H2,1-2H3,(H,23,24,28);2-5H,1H3;1H2. The number of fused-ring (bicyclic) bond motifs is 3. The first-order chi connectivity index (χ1) is 18.5. The SMILES string of the molecule is C=O.CC(=O)Nc1nc2c(s1)-c1c(c(-c3cccnc3)nn1C1CCN(C)CC1)CC2.Cc1ccccn1. The van der Waals surface area contributed by atoms with Crippen LogP contribution in [-0.4, -0.2) is 62.5 Å². The maximum Gasteiger partial charge on any atom is 0.223 e. The third kappa shape index (κ3) is 6.20. The van der Waals surface area contributed by atoms with Gasteiger partial charge in [0.05, 0.1) is 28.0 Å². The lowest BCUT2D eigenvalue weighted by Crippen LogP contribution is -2.32. The van der Waals surface area contributed by atoms with Crippen LogP contribution in [-0.2, 0) is 22.4 Å². The van der Waals surface area contributed by atoms with Crippen molar-refractivity contribution in [3.05, 3.63) is 65.9 Å². The Bertz CT molecular complexity index is 1350. The second-order valence-electron chi connectivity index (χ2n) is 9.34. The van der Waals surface area contributed by atoms with Crippen LogP contribution in [0.4, 0.5) is 5.13 Å². The molecule has 4 aromatic rings. The van der Waals surface area contributed by atoms with Gasteiger partial charge in [-0.1, -0.05) is 17.4 Å². The Morgan fingerprint density at radius 2 is 1.89 bits per heavy atom. The monoisotopic (exact) mass is 531 g/mol. The highest BCUT2D eigenvalue weighted by Crippen LogP contribution is 2.45. The molecule has 9 nitrogen and oxygen atoms in total. The van der Waals surface area contributed by atoms with E-state index >= 15 is 0 Å². The van der Waals surface area contributed by atoms with Crippen molar-refractivity contribution in [2.75, 3.05) is 25.5 Å². The minimum atomic E-state index is -0.0869. The zero-order valence-corrected chi connectivity index (χ0v) is 22.9. The number of aryl methyl sites for hydroxylation is 2. The summed E-state index contributed by atoms with van der Waals surface area (Å²) in [5, 5.41) is 8.66. The fraction of sp³-hybridized carbons (Fsp3) is 0.357. The first kappa shape index (κ1) is 27.3. The number of hydrogen-bond donors (Lipinski definition) is 1. The van der Waals surface area contributed by atoms with E-state index in [1.807, 2.05) is 44.2 Å². The van der Waals surface area contributed by atoms with E-state index < -0.39 is 0 Å². The van der Waals surface area contributed by atoms with Crippen LogP contribution in [0, 0.1) is 6.92 Å². The van der Waals surface area contributed by atoms with Crippen LogP contribution in [0.2, 0.25) is 0 Å². The fourth-order valence-corrected chi connectivity index (χ4v) is 5.91. The second-order valence-corrected chi connectivity index (χ2v) is 10.3. The zero-order valence-electron chi connectivity index (χ0n) is 22.1. The molecule has 6 rings (SSSR count). The lowest BCUT2D eigenvalue weighted by atomic mass is 9.95. The number of carbonyl (C=O) groups is 2. The molecular weight excluding hydrogens is 498 g/mol. The second kappa shape index (κ2) is 12.7. The van der Waals surface area contributed by atoms with Crippen molar-refractivity contribution >= 4 is 29.2 Å². The summed E-state index contributed by atoms with van der Waals surface area (Å²) in [6.45, 7) is 7.65. The van der Waals surface area contributed by atoms with E-state index in [-0.39, 0.29) is 5.91 Å². The predicted molar refractivity (Wildman–Crippen MR) is 150 cm³/mol. The Hall–Kier alpha value is -3.76. The molecule has 0 bridgehead atoms. The minimum Gasteiger partial charge on any atom is -0.307 e. The molecule has 0 unspecified atom stereocenters. The third-order valence-corrected chi connectivity index (χ3v) is 7.62. The number of nitrogens with zero attached hydrogens (tertiary/aromatic N) is 6. The molecule has 1 saturated heterocycles. The highest BCUT2D eigenvalue weighted by Gasteiger charge is 2.32. The largest absolute Gasteiger partial charge is 0.307 e. The molecule has 0 radical (unpaired) electrons. The molecule has 0 spiro atoms. The van der Waals surface area contributed by atoms with Gasteiger partial charge in [0, 0.05) is 42.3 Å². The number of anilines is 1. The Morgan fingerprint density at radius 1 is 1.11 bits per heavy atom. The lowest BCUT2D eigenvalue weighted by molar-refractivity contribution is -0.114. The molecule has 5 heterocycles. The predicted octanol–water partition coefficient (Wildman–Crippen LogP) is 4.60. The molecule has 0 atom stereocenters. The summed E-state index contributed by atoms with van der Waals surface area (Å²) in [6, 6.07) is 10.3. The molecule has 0 aromatic carbocycles. The van der Waals surface area contributed by atoms with Crippen molar-refractivity contribution < 1.29 is 9.59 Å². The number of likely N-dealkylation sites (tertiary alicyclic amines) is 1. The van der Waals surface area contributed by atoms with Gasteiger partial charge in [-0.05, 0) is 77.0 Å². The third-order valence-electron chi connectivity index (χ3n) is 6.60. The molecular formula is C28H33N7O2S. The molecule has 10 heteroatoms. The number of nitrogens with one attached hydrogen (secondary N) is 1. The van der Waals surface area contributed by atoms with Gasteiger partial charge in [-0.15, -0.1) is 0 Å². The van der Waals surface area contributed by atoms with Gasteiger partial charge in [0.1, 0.15) is 6.79 Å². The van der Waals surface area contributed by atoms with Gasteiger partial charge in [0.2, 0.25) is 5.91 Å². The Morgan fingerprint density at radius 3 is 2.50 bits per heavy atom. The number of aromatic nitrogens is 5. The van der Waals surface area contributed by atoms with Crippen molar-refractivity contribution in [1.82, 2.24) is 29.6 Å². The molecule has 1 fully saturated rings. The average molecular weight is 532 g/mol. The van der Waals surface area contributed by atoms with Gasteiger partial charge >= 0.3 is 0 Å². The number of hydrogen-bond acceptors (Lipinski definition) is 8. The van der Waals surface area contributed by atoms with E-state index in [4.69, 9.17) is 14.9 Å². The van der Waals surface area contributed by atoms with Crippen LogP contribution in [0.5, 0.6) is 0 Å². The summed E-state index contributed by atoms with van der Waals surface area (Å²) in [6.07, 6.45) is 9.42. The molecule has 4 aromatic heterocycles. The van der Waals surface area contributed by atoms with Crippen LogP contribution >= 0.6 is 11.3 Å². The smallest absolute Gasteiger partial charge is 0.223 e. The molecule has 0 saturated carbocycles. The number of pyridine rings is 2. The quantitative estimate of drug-likeness (QED) is 0.412. The highest BCUT2D eigenvalue weighted by atomic mass is 32.1. The summed E-state index contributed by atoms with van der Waals surface area (Å²) < 4.78 is 2.25. The van der Waals surface area contributed by atoms with Gasteiger partial charge in [-0.2, -0.15) is 5.10 Å². The number of amides is 1. The molecule has 1 N–H and O–H groups in total. The first-order valence-corrected chi connectivity index (χ1v) is 13.5. The number of piperidine rings is 1. The molecule has 1 aliphatic heterocycles. The number of thiazole rings is 1. The average Bonchev–Trinajstić information content (AvgIpc) is 3.52. The van der Waals surface area contributed by atoms with E-state index in [1.54, 1.807) is 23.7 Å². The highest BCUT2D eigenvalue weighted by molar-refractivity contribution is 7.19. The Balaban J connectivity index is 0.000000321. The van der Waals surface area contributed by atoms with E-state index in [1.165, 1.54) is 18.2 Å². The lowest BCUT2D eigenvalue weighted by Gasteiger charge is -2.30. The van der Waals surface area contributed by atoms with Crippen molar-refractivity contribution in [2.24, 2.45) is 0 Å². The first-order valence-electron chi connectivity index (χ1n) is 12.6. The van der Waals surface area contributed by atoms with Crippen LogP contribution in [0.25, 0.3) is 21.8 Å². The van der Waals surface area contributed by atoms with Gasteiger partial charge < -0.3 is 15.0 Å². The van der Waals surface area contributed by atoms with Gasteiger partial charge in [0.15, 0.2) is 5.13 Å². The molecule has 38 heavy (non-hydrogen) atoms. The van der Waals surface area contributed by atoms with Gasteiger partial charge in [-0.3, -0.25) is 19.4 Å². The van der Waals surface area contributed by atoms with Crippen LogP contribution < -0.4 is 5.32 Å². The Labute approximate surface area is 227 Å². The van der Waals surface area contributed by atoms with Gasteiger partial charge in [-0.25, -0.2) is 4.98 Å². The molecule has 1 aliphatic carbocycles. The number of carbonyl (C=O) groups excluding carboxylic acids is 2. The van der Waals surface area contributed by atoms with Crippen molar-refractivity contribution in [3.8, 4) is 21.8 Å². The maximum atomic E-state index is 11.5.